The molecule has 1 N–H and O–H groups in total. The van der Waals surface area contributed by atoms with Crippen LogP contribution in [-0.4, -0.2) is 41.2 Å². The maximum Gasteiger partial charge on any atom is 0.305 e. The van der Waals surface area contributed by atoms with Crippen LogP contribution in [0.2, 0.25) is 0 Å². The molecule has 5 rings (SSSR count). The summed E-state index contributed by atoms with van der Waals surface area (Å²) >= 11 is 3.58. The highest BCUT2D eigenvalue weighted by atomic mass is 79.9. The monoisotopic (exact) mass is 597 g/mol. The molecule has 0 bridgehead atoms. The number of carbonyl (C=O) groups excluding carboxylic acids is 2. The number of ether oxygens (including phenoxy) is 2. The molecular weight excluding hydrogens is 569 g/mol. The van der Waals surface area contributed by atoms with Crippen molar-refractivity contribution in [3.8, 4) is 11.5 Å². The second kappa shape index (κ2) is 11.3. The lowest BCUT2D eigenvalue weighted by atomic mass is 9.71. The minimum absolute atomic E-state index is 0.00941. The number of hydrogen-bond donors (Lipinski definition) is 1. The third-order valence-electron chi connectivity index (χ3n) is 7.55. The largest absolute Gasteiger partial charge is 0.493 e. The number of benzene rings is 2. The van der Waals surface area contributed by atoms with Gasteiger partial charge in [-0.05, 0) is 65.4 Å². The van der Waals surface area contributed by atoms with Gasteiger partial charge in [0, 0.05) is 53.4 Å². The van der Waals surface area contributed by atoms with Gasteiger partial charge in [0.15, 0.2) is 23.1 Å². The van der Waals surface area contributed by atoms with Crippen molar-refractivity contribution in [1.82, 2.24) is 4.90 Å². The van der Waals surface area contributed by atoms with Gasteiger partial charge in [0.2, 0.25) is 0 Å². The molecule has 0 atom stereocenters. The minimum atomic E-state index is -0.926. The average Bonchev–Trinajstić information content (AvgIpc) is 2.91. The molecule has 9 heteroatoms. The molecule has 0 fully saturated rings. The van der Waals surface area contributed by atoms with E-state index in [2.05, 4.69) is 15.9 Å². The average molecular weight is 598 g/mol. The lowest BCUT2D eigenvalue weighted by Crippen LogP contribution is -2.39. The van der Waals surface area contributed by atoms with Crippen LogP contribution in [-0.2, 0) is 21.0 Å². The molecule has 0 radical (unpaired) electrons. The number of nitrogens with zero attached hydrogens (tertiary/aromatic N) is 1. The number of carbonyl (C=O) groups is 3. The van der Waals surface area contributed by atoms with Gasteiger partial charge in [-0.3, -0.25) is 14.4 Å². The zero-order valence-corrected chi connectivity index (χ0v) is 23.2. The number of aliphatic carboxylic acids is 1. The molecule has 0 saturated carbocycles. The topological polar surface area (TPSA) is 93.1 Å². The van der Waals surface area contributed by atoms with Gasteiger partial charge in [-0.2, -0.15) is 0 Å². The summed E-state index contributed by atoms with van der Waals surface area (Å²) in [6, 6.07) is 9.97. The summed E-state index contributed by atoms with van der Waals surface area (Å²) in [7, 11) is 1.50. The molecule has 0 spiro atoms. The van der Waals surface area contributed by atoms with Crippen molar-refractivity contribution in [2.24, 2.45) is 0 Å². The first-order valence-corrected chi connectivity index (χ1v) is 13.8. The van der Waals surface area contributed by atoms with Gasteiger partial charge in [0.05, 0.1) is 18.0 Å². The van der Waals surface area contributed by atoms with Gasteiger partial charge in [0.25, 0.3) is 0 Å². The smallest absolute Gasteiger partial charge is 0.305 e. The summed E-state index contributed by atoms with van der Waals surface area (Å²) in [6.45, 7) is 0.209. The van der Waals surface area contributed by atoms with Gasteiger partial charge in [0.1, 0.15) is 12.4 Å². The van der Waals surface area contributed by atoms with Crippen molar-refractivity contribution >= 4 is 33.5 Å². The lowest BCUT2D eigenvalue weighted by molar-refractivity contribution is -0.137. The van der Waals surface area contributed by atoms with E-state index in [4.69, 9.17) is 9.47 Å². The highest BCUT2D eigenvalue weighted by molar-refractivity contribution is 9.10. The number of rotatable bonds is 8. The molecule has 0 saturated heterocycles. The number of allylic oxidation sites excluding steroid dienone is 4. The third-order valence-corrected chi connectivity index (χ3v) is 8.14. The van der Waals surface area contributed by atoms with E-state index in [1.54, 1.807) is 24.3 Å². The van der Waals surface area contributed by atoms with Gasteiger partial charge in [-0.25, -0.2) is 4.39 Å². The van der Waals surface area contributed by atoms with Crippen molar-refractivity contribution in [3.63, 3.8) is 0 Å². The van der Waals surface area contributed by atoms with Crippen molar-refractivity contribution in [1.29, 1.82) is 0 Å². The van der Waals surface area contributed by atoms with Crippen LogP contribution in [0.4, 0.5) is 4.39 Å². The van der Waals surface area contributed by atoms with E-state index in [0.717, 1.165) is 11.4 Å². The number of carboxylic acids is 1. The molecule has 0 amide bonds. The molecule has 1 aliphatic heterocycles. The van der Waals surface area contributed by atoms with Crippen LogP contribution in [0.15, 0.2) is 63.4 Å². The van der Waals surface area contributed by atoms with Crippen molar-refractivity contribution in [2.75, 3.05) is 13.7 Å². The van der Waals surface area contributed by atoms with Crippen molar-refractivity contribution in [3.05, 3.63) is 80.4 Å². The second-order valence-electron chi connectivity index (χ2n) is 9.92. The maximum absolute atomic E-state index is 14.2. The predicted molar refractivity (Wildman–Crippen MR) is 145 cm³/mol. The van der Waals surface area contributed by atoms with Crippen LogP contribution in [0.3, 0.4) is 0 Å². The Morgan fingerprint density at radius 2 is 1.69 bits per heavy atom. The Morgan fingerprint density at radius 3 is 2.28 bits per heavy atom. The van der Waals surface area contributed by atoms with E-state index in [0.29, 0.717) is 76.8 Å². The van der Waals surface area contributed by atoms with Crippen molar-refractivity contribution in [2.45, 2.75) is 57.5 Å². The Labute approximate surface area is 234 Å². The summed E-state index contributed by atoms with van der Waals surface area (Å²) in [5.74, 6) is -1.16. The quantitative estimate of drug-likeness (QED) is 0.395. The van der Waals surface area contributed by atoms with E-state index < -0.39 is 11.9 Å². The SMILES string of the molecule is COc1cc(C2C3=C(CCCC3=O)N(CCC(=O)O)C3=C2C(=O)CCC3)cc(Br)c1OCc1ccccc1F. The summed E-state index contributed by atoms with van der Waals surface area (Å²) in [5.41, 5.74) is 3.88. The molecule has 2 aromatic carbocycles. The van der Waals surface area contributed by atoms with Gasteiger partial charge >= 0.3 is 5.97 Å². The molecule has 0 aromatic heterocycles. The molecule has 204 valence electrons. The maximum atomic E-state index is 14.2. The highest BCUT2D eigenvalue weighted by Gasteiger charge is 2.43. The Hall–Kier alpha value is -3.46. The van der Waals surface area contributed by atoms with E-state index in [1.165, 1.54) is 13.2 Å². The van der Waals surface area contributed by atoms with E-state index in [1.807, 2.05) is 11.0 Å². The van der Waals surface area contributed by atoms with Crippen LogP contribution in [0.1, 0.15) is 62.0 Å². The molecule has 2 aromatic rings. The first-order valence-electron chi connectivity index (χ1n) is 13.1. The minimum Gasteiger partial charge on any atom is -0.493 e. The van der Waals surface area contributed by atoms with Gasteiger partial charge < -0.3 is 19.5 Å². The fourth-order valence-electron chi connectivity index (χ4n) is 5.84. The molecular formula is C30H29BrFNO6. The fourth-order valence-corrected chi connectivity index (χ4v) is 6.41. The highest BCUT2D eigenvalue weighted by Crippen LogP contribution is 2.51. The number of halogens is 2. The third kappa shape index (κ3) is 5.24. The Morgan fingerprint density at radius 1 is 1.05 bits per heavy atom. The standard InChI is InChI=1S/C30H29BrFNO6/c1-38-25-15-18(14-19(31)30(25)39-16-17-6-2-3-7-20(17)32)27-28-21(8-4-10-23(28)34)33(13-12-26(36)37)22-9-5-11-24(35)29(22)27/h2-3,6-7,14-15,27H,4-5,8-13,16H2,1H3,(H,36,37). The van der Waals surface area contributed by atoms with Gasteiger partial charge in [-0.15, -0.1) is 0 Å². The molecule has 3 aliphatic rings. The number of carboxylic acid groups (broad SMARTS) is 1. The van der Waals surface area contributed by atoms with Crippen LogP contribution in [0.5, 0.6) is 11.5 Å². The predicted octanol–water partition coefficient (Wildman–Crippen LogP) is 6.06. The Kier molecular flexibility index (Phi) is 7.88. The van der Waals surface area contributed by atoms with Gasteiger partial charge in [-0.1, -0.05) is 18.2 Å². The van der Waals surface area contributed by atoms with E-state index in [-0.39, 0.29) is 37.0 Å². The molecule has 7 nitrogen and oxygen atoms in total. The first-order chi connectivity index (χ1) is 18.8. The summed E-state index contributed by atoms with van der Waals surface area (Å²) in [6.07, 6.45) is 3.31. The van der Waals surface area contributed by atoms with Crippen LogP contribution in [0, 0.1) is 5.82 Å². The second-order valence-corrected chi connectivity index (χ2v) is 10.8. The molecule has 1 heterocycles. The van der Waals surface area contributed by atoms with E-state index >= 15 is 0 Å². The summed E-state index contributed by atoms with van der Waals surface area (Å²) < 4.78 is 26.3. The Bertz CT molecular complexity index is 1370. The number of hydrogen-bond acceptors (Lipinski definition) is 6. The fraction of sp³-hybridized carbons (Fsp3) is 0.367. The summed E-state index contributed by atoms with van der Waals surface area (Å²) in [4.78, 5) is 40.2. The summed E-state index contributed by atoms with van der Waals surface area (Å²) in [5, 5.41) is 9.37. The van der Waals surface area contributed by atoms with Crippen LogP contribution < -0.4 is 9.47 Å². The zero-order chi connectivity index (χ0) is 27.7. The Balaban J connectivity index is 1.60. The first kappa shape index (κ1) is 27.1. The molecule has 0 unspecified atom stereocenters. The molecule has 2 aliphatic carbocycles. The van der Waals surface area contributed by atoms with Crippen LogP contribution in [0.25, 0.3) is 0 Å². The van der Waals surface area contributed by atoms with Crippen LogP contribution >= 0.6 is 15.9 Å². The molecule has 39 heavy (non-hydrogen) atoms. The van der Waals surface area contributed by atoms with E-state index in [9.17, 15) is 23.9 Å². The van der Waals surface area contributed by atoms with Crippen molar-refractivity contribution < 1.29 is 33.4 Å². The number of Topliss-reactive ketones (excluding diaryl/α,β-unsaturated/α-hetero) is 2. The lowest BCUT2D eigenvalue weighted by Gasteiger charge is -2.44. The number of ketones is 2. The zero-order valence-electron chi connectivity index (χ0n) is 21.6. The normalized spacial score (nSPS) is 17.8. The number of methoxy groups -OCH3 is 1.